The molecule has 0 N–H and O–H groups in total. The Morgan fingerprint density at radius 2 is 1.00 bits per heavy atom. The van der Waals surface area contributed by atoms with Gasteiger partial charge in [0.15, 0.2) is 0 Å². The summed E-state index contributed by atoms with van der Waals surface area (Å²) in [5.74, 6) is 0.244. The maximum Gasteiger partial charge on any atom is 0.0540 e. The lowest BCUT2D eigenvalue weighted by Crippen LogP contribution is -2.22. The Labute approximate surface area is 382 Å². The lowest BCUT2D eigenvalue weighted by atomic mass is 9.74. The van der Waals surface area contributed by atoms with E-state index in [1.54, 1.807) is 0 Å². The van der Waals surface area contributed by atoms with E-state index < -0.39 is 0 Å². The molecule has 0 aliphatic heterocycles. The van der Waals surface area contributed by atoms with E-state index >= 15 is 0 Å². The monoisotopic (exact) mass is 829 g/mol. The van der Waals surface area contributed by atoms with E-state index in [4.69, 9.17) is 0 Å². The molecule has 0 saturated carbocycles. The second-order valence-corrected chi connectivity index (χ2v) is 17.7. The Bertz CT molecular complexity index is 3420. The minimum Gasteiger partial charge on any atom is -0.309 e. The van der Waals surface area contributed by atoms with Gasteiger partial charge in [-0.15, -0.1) is 0 Å². The Morgan fingerprint density at radius 3 is 1.77 bits per heavy atom. The number of nitrogens with zero attached hydrogens (tertiary/aromatic N) is 1. The minimum atomic E-state index is -0.306. The van der Waals surface area contributed by atoms with Gasteiger partial charge in [-0.1, -0.05) is 218 Å². The molecule has 308 valence electrons. The molecule has 65 heavy (non-hydrogen) atoms. The normalized spacial score (nSPS) is 15.9. The topological polar surface area (TPSA) is 3.24 Å². The zero-order valence-corrected chi connectivity index (χ0v) is 36.4. The van der Waals surface area contributed by atoms with Gasteiger partial charge in [0, 0.05) is 28.1 Å². The molecule has 0 spiro atoms. The van der Waals surface area contributed by atoms with Crippen LogP contribution in [0, 0.1) is 0 Å². The van der Waals surface area contributed by atoms with Crippen molar-refractivity contribution < 1.29 is 0 Å². The molecule has 12 rings (SSSR count). The van der Waals surface area contributed by atoms with Crippen molar-refractivity contribution in [1.82, 2.24) is 0 Å². The molecule has 0 saturated heterocycles. The highest BCUT2D eigenvalue weighted by Gasteiger charge is 2.42. The van der Waals surface area contributed by atoms with Crippen LogP contribution in [0.2, 0.25) is 0 Å². The summed E-state index contributed by atoms with van der Waals surface area (Å²) in [4.78, 5) is 2.51. The van der Waals surface area contributed by atoms with E-state index in [1.807, 2.05) is 0 Å². The van der Waals surface area contributed by atoms with Crippen molar-refractivity contribution in [3.63, 3.8) is 0 Å². The fourth-order valence-electron chi connectivity index (χ4n) is 11.0. The van der Waals surface area contributed by atoms with Gasteiger partial charge in [-0.3, -0.25) is 0 Å². The number of hydrogen-bond donors (Lipinski definition) is 0. The molecule has 2 aliphatic rings. The molecule has 0 aromatic heterocycles. The van der Waals surface area contributed by atoms with E-state index in [2.05, 4.69) is 261 Å². The molecule has 2 unspecified atom stereocenters. The van der Waals surface area contributed by atoms with Crippen LogP contribution in [0.5, 0.6) is 0 Å². The highest BCUT2D eigenvalue weighted by molar-refractivity contribution is 6.01. The van der Waals surface area contributed by atoms with Gasteiger partial charge in [-0.25, -0.2) is 0 Å². The molecule has 0 fully saturated rings. The number of allylic oxidation sites excluding steroid dienone is 1. The lowest BCUT2D eigenvalue weighted by Gasteiger charge is -2.32. The highest BCUT2D eigenvalue weighted by Crippen LogP contribution is 2.57. The Balaban J connectivity index is 1.08. The maximum atomic E-state index is 2.51. The third-order valence-corrected chi connectivity index (χ3v) is 14.1. The molecule has 2 aliphatic carbocycles. The number of benzene rings is 10. The van der Waals surface area contributed by atoms with E-state index in [-0.39, 0.29) is 11.3 Å². The van der Waals surface area contributed by atoms with E-state index in [0.717, 1.165) is 23.5 Å². The predicted molar refractivity (Wildman–Crippen MR) is 274 cm³/mol. The minimum absolute atomic E-state index is 0.244. The summed E-state index contributed by atoms with van der Waals surface area (Å²) in [5.41, 5.74) is 20.9. The van der Waals surface area contributed by atoms with Crippen molar-refractivity contribution in [2.45, 2.75) is 24.7 Å². The molecule has 1 nitrogen and oxygen atoms in total. The second-order valence-electron chi connectivity index (χ2n) is 17.7. The summed E-state index contributed by atoms with van der Waals surface area (Å²) >= 11 is 0. The average Bonchev–Trinajstić information content (AvgIpc) is 3.65. The zero-order chi connectivity index (χ0) is 43.3. The van der Waals surface area contributed by atoms with Gasteiger partial charge in [-0.2, -0.15) is 0 Å². The lowest BCUT2D eigenvalue weighted by molar-refractivity contribution is 0.714. The van der Waals surface area contributed by atoms with Crippen molar-refractivity contribution in [2.24, 2.45) is 0 Å². The Morgan fingerprint density at radius 1 is 0.431 bits per heavy atom. The van der Waals surface area contributed by atoms with Crippen LogP contribution in [0.25, 0.3) is 61.4 Å². The molecule has 0 bridgehead atoms. The molecular weight excluding hydrogens is 783 g/mol. The number of anilines is 3. The van der Waals surface area contributed by atoms with Crippen LogP contribution >= 0.6 is 0 Å². The van der Waals surface area contributed by atoms with Crippen LogP contribution in [0.3, 0.4) is 0 Å². The van der Waals surface area contributed by atoms with Crippen LogP contribution in [-0.4, -0.2) is 0 Å². The van der Waals surface area contributed by atoms with E-state index in [1.165, 1.54) is 88.7 Å². The average molecular weight is 830 g/mol. The van der Waals surface area contributed by atoms with Gasteiger partial charge in [-0.05, 0) is 121 Å². The first-order valence-corrected chi connectivity index (χ1v) is 22.9. The van der Waals surface area contributed by atoms with Gasteiger partial charge >= 0.3 is 0 Å². The molecular formula is C64H47N. The number of rotatable bonds is 8. The summed E-state index contributed by atoms with van der Waals surface area (Å²) < 4.78 is 0. The number of para-hydroxylation sites is 2. The molecule has 0 radical (unpaired) electrons. The summed E-state index contributed by atoms with van der Waals surface area (Å²) in [5, 5.41) is 2.49. The maximum absolute atomic E-state index is 2.51. The summed E-state index contributed by atoms with van der Waals surface area (Å²) in [6.07, 6.45) is 5.62. The van der Waals surface area contributed by atoms with Crippen molar-refractivity contribution in [3.05, 3.63) is 276 Å². The van der Waals surface area contributed by atoms with Crippen LogP contribution < -0.4 is 4.90 Å². The Hall–Kier alpha value is -8.00. The SMILES string of the molecule is CC1(c2ccccc2)c2ccccc2-c2c(-c3ccccc3N(c3ccc(-c4ccc5ccccc5c4)cc3)c3ccccc3-c3cccc4c3C(c3ccccc3)CC=C4)cccc21. The van der Waals surface area contributed by atoms with Crippen LogP contribution in [0.15, 0.2) is 243 Å². The number of fused-ring (bicyclic) bond motifs is 5. The van der Waals surface area contributed by atoms with Crippen molar-refractivity contribution >= 4 is 33.9 Å². The van der Waals surface area contributed by atoms with Gasteiger partial charge in [0.05, 0.1) is 11.4 Å². The van der Waals surface area contributed by atoms with Crippen molar-refractivity contribution in [3.8, 4) is 44.5 Å². The second kappa shape index (κ2) is 16.0. The third-order valence-electron chi connectivity index (χ3n) is 14.1. The summed E-state index contributed by atoms with van der Waals surface area (Å²) in [7, 11) is 0. The van der Waals surface area contributed by atoms with Gasteiger partial charge in [0.2, 0.25) is 0 Å². The van der Waals surface area contributed by atoms with Gasteiger partial charge in [0.1, 0.15) is 0 Å². The van der Waals surface area contributed by atoms with Gasteiger partial charge in [0.25, 0.3) is 0 Å². The molecule has 0 heterocycles. The smallest absolute Gasteiger partial charge is 0.0540 e. The Kier molecular flexibility index (Phi) is 9.50. The molecule has 10 aromatic rings. The fourth-order valence-corrected chi connectivity index (χ4v) is 11.0. The zero-order valence-electron chi connectivity index (χ0n) is 36.4. The predicted octanol–water partition coefficient (Wildman–Crippen LogP) is 17.2. The standard InChI is InChI=1S/C64H47N/c1-64(50-25-6-3-7-26-50)58-33-13-10-29-57(58)63-56(32-18-34-59(63)64)54-28-12-15-36-61(54)65(51-41-39-45(40-42-51)49-38-37-44-19-8-9-22-48(44)43-49)60-35-14-11-27-53(60)55-31-17-24-47-23-16-30-52(62(47)55)46-20-4-2-5-21-46/h2-29,31-43,52H,30H2,1H3. The molecule has 10 aromatic carbocycles. The summed E-state index contributed by atoms with van der Waals surface area (Å²) in [6.45, 7) is 2.40. The molecule has 2 atom stereocenters. The van der Waals surface area contributed by atoms with Gasteiger partial charge < -0.3 is 4.90 Å². The fraction of sp³-hybridized carbons (Fsp3) is 0.0625. The quantitative estimate of drug-likeness (QED) is 0.147. The third kappa shape index (κ3) is 6.46. The largest absolute Gasteiger partial charge is 0.309 e. The van der Waals surface area contributed by atoms with Crippen molar-refractivity contribution in [2.75, 3.05) is 4.90 Å². The van der Waals surface area contributed by atoms with Crippen LogP contribution in [0.1, 0.15) is 52.6 Å². The van der Waals surface area contributed by atoms with Crippen LogP contribution in [0.4, 0.5) is 17.1 Å². The number of hydrogen-bond acceptors (Lipinski definition) is 1. The van der Waals surface area contributed by atoms with Crippen LogP contribution in [-0.2, 0) is 5.41 Å². The highest BCUT2D eigenvalue weighted by atomic mass is 15.1. The summed E-state index contributed by atoms with van der Waals surface area (Å²) in [6, 6.07) is 87.6. The van der Waals surface area contributed by atoms with E-state index in [0.29, 0.717) is 0 Å². The first-order valence-electron chi connectivity index (χ1n) is 22.9. The van der Waals surface area contributed by atoms with E-state index in [9.17, 15) is 0 Å². The molecule has 1 heteroatoms. The first-order chi connectivity index (χ1) is 32.1. The van der Waals surface area contributed by atoms with Crippen molar-refractivity contribution in [1.29, 1.82) is 0 Å². The molecule has 0 amide bonds. The first kappa shape index (κ1) is 38.7.